The minimum absolute atomic E-state index is 0.295. The molecular formula is C14H14Br2N2. The maximum Gasteiger partial charge on any atom is 0.106 e. The van der Waals surface area contributed by atoms with Gasteiger partial charge in [0.1, 0.15) is 4.60 Å². The Morgan fingerprint density at radius 1 is 1.17 bits per heavy atom. The van der Waals surface area contributed by atoms with Gasteiger partial charge in [-0.15, -0.1) is 0 Å². The summed E-state index contributed by atoms with van der Waals surface area (Å²) in [4.78, 5) is 4.40. The summed E-state index contributed by atoms with van der Waals surface area (Å²) < 4.78 is 1.98. The van der Waals surface area contributed by atoms with Gasteiger partial charge in [-0.1, -0.05) is 34.1 Å². The van der Waals surface area contributed by atoms with Crippen molar-refractivity contribution in [1.29, 1.82) is 0 Å². The molecule has 0 unspecified atom stereocenters. The standard InChI is InChI=1S/C14H14Br2N2/c1-10(11-4-2-5-12(15)8-11)17-9-13-6-3-7-14(16)18-13/h2-8,10,17H,9H2,1H3/t10-/m0/s1. The van der Waals surface area contributed by atoms with Crippen LogP contribution in [0.25, 0.3) is 0 Å². The lowest BCUT2D eigenvalue weighted by Crippen LogP contribution is -2.18. The molecule has 1 atom stereocenters. The Kier molecular flexibility index (Phi) is 4.92. The minimum atomic E-state index is 0.295. The Morgan fingerprint density at radius 3 is 2.67 bits per heavy atom. The third-order valence-corrected chi connectivity index (χ3v) is 3.65. The van der Waals surface area contributed by atoms with Crippen LogP contribution in [0.4, 0.5) is 0 Å². The van der Waals surface area contributed by atoms with Gasteiger partial charge in [0, 0.05) is 17.1 Å². The predicted molar refractivity (Wildman–Crippen MR) is 81.3 cm³/mol. The molecule has 0 amide bonds. The molecule has 4 heteroatoms. The first-order valence-electron chi connectivity index (χ1n) is 5.75. The van der Waals surface area contributed by atoms with E-state index in [9.17, 15) is 0 Å². The summed E-state index contributed by atoms with van der Waals surface area (Å²) in [5.74, 6) is 0. The summed E-state index contributed by atoms with van der Waals surface area (Å²) in [6.45, 7) is 2.91. The van der Waals surface area contributed by atoms with Crippen LogP contribution in [0.2, 0.25) is 0 Å². The highest BCUT2D eigenvalue weighted by Gasteiger charge is 2.05. The van der Waals surface area contributed by atoms with E-state index in [1.54, 1.807) is 0 Å². The van der Waals surface area contributed by atoms with E-state index >= 15 is 0 Å². The van der Waals surface area contributed by atoms with Crippen LogP contribution < -0.4 is 5.32 Å². The smallest absolute Gasteiger partial charge is 0.106 e. The first-order chi connectivity index (χ1) is 8.65. The highest BCUT2D eigenvalue weighted by Crippen LogP contribution is 2.18. The van der Waals surface area contributed by atoms with Gasteiger partial charge in [-0.25, -0.2) is 4.98 Å². The number of halogens is 2. The van der Waals surface area contributed by atoms with Gasteiger partial charge in [0.25, 0.3) is 0 Å². The topological polar surface area (TPSA) is 24.9 Å². The van der Waals surface area contributed by atoms with Crippen LogP contribution in [-0.2, 0) is 6.54 Å². The summed E-state index contributed by atoms with van der Waals surface area (Å²) in [5.41, 5.74) is 2.30. The second-order valence-electron chi connectivity index (χ2n) is 4.11. The zero-order valence-corrected chi connectivity index (χ0v) is 13.2. The maximum atomic E-state index is 4.40. The zero-order valence-electron chi connectivity index (χ0n) is 10.0. The molecule has 94 valence electrons. The van der Waals surface area contributed by atoms with Crippen LogP contribution >= 0.6 is 31.9 Å². The lowest BCUT2D eigenvalue weighted by atomic mass is 10.1. The lowest BCUT2D eigenvalue weighted by molar-refractivity contribution is 0.567. The van der Waals surface area contributed by atoms with Crippen molar-refractivity contribution in [3.8, 4) is 0 Å². The van der Waals surface area contributed by atoms with E-state index in [-0.39, 0.29) is 0 Å². The molecule has 0 aliphatic heterocycles. The van der Waals surface area contributed by atoms with Gasteiger partial charge in [-0.3, -0.25) is 0 Å². The Morgan fingerprint density at radius 2 is 1.94 bits per heavy atom. The van der Waals surface area contributed by atoms with Gasteiger partial charge in [-0.2, -0.15) is 0 Å². The van der Waals surface area contributed by atoms with E-state index in [0.29, 0.717) is 6.04 Å². The molecule has 1 N–H and O–H groups in total. The first-order valence-corrected chi connectivity index (χ1v) is 7.34. The molecule has 0 radical (unpaired) electrons. The van der Waals surface area contributed by atoms with Crippen LogP contribution in [0.3, 0.4) is 0 Å². The van der Waals surface area contributed by atoms with E-state index in [4.69, 9.17) is 0 Å². The van der Waals surface area contributed by atoms with Gasteiger partial charge in [0.05, 0.1) is 5.69 Å². The molecule has 0 spiro atoms. The van der Waals surface area contributed by atoms with Gasteiger partial charge in [-0.05, 0) is 52.7 Å². The summed E-state index contributed by atoms with van der Waals surface area (Å²) in [6, 6.07) is 14.6. The molecule has 1 aromatic carbocycles. The van der Waals surface area contributed by atoms with Gasteiger partial charge in [0.15, 0.2) is 0 Å². The molecule has 2 nitrogen and oxygen atoms in total. The molecule has 0 saturated heterocycles. The van der Waals surface area contributed by atoms with Crippen molar-refractivity contribution in [3.05, 3.63) is 62.8 Å². The number of pyridine rings is 1. The van der Waals surface area contributed by atoms with Crippen LogP contribution in [0.15, 0.2) is 51.5 Å². The summed E-state index contributed by atoms with van der Waals surface area (Å²) in [5, 5.41) is 3.47. The number of nitrogens with one attached hydrogen (secondary N) is 1. The Hall–Kier alpha value is -0.710. The van der Waals surface area contributed by atoms with Crippen molar-refractivity contribution < 1.29 is 0 Å². The highest BCUT2D eigenvalue weighted by molar-refractivity contribution is 9.10. The van der Waals surface area contributed by atoms with E-state index < -0.39 is 0 Å². The Labute approximate surface area is 124 Å². The minimum Gasteiger partial charge on any atom is -0.305 e. The van der Waals surface area contributed by atoms with Crippen molar-refractivity contribution in [2.75, 3.05) is 0 Å². The summed E-state index contributed by atoms with van der Waals surface area (Å²) in [7, 11) is 0. The zero-order chi connectivity index (χ0) is 13.0. The lowest BCUT2D eigenvalue weighted by Gasteiger charge is -2.14. The number of nitrogens with zero attached hydrogens (tertiary/aromatic N) is 1. The average Bonchev–Trinajstić information content (AvgIpc) is 2.36. The summed E-state index contributed by atoms with van der Waals surface area (Å²) in [6.07, 6.45) is 0. The fraction of sp³-hybridized carbons (Fsp3) is 0.214. The fourth-order valence-electron chi connectivity index (χ4n) is 1.70. The molecule has 0 aliphatic rings. The van der Waals surface area contributed by atoms with E-state index in [1.807, 2.05) is 24.3 Å². The number of rotatable bonds is 4. The van der Waals surface area contributed by atoms with Crippen molar-refractivity contribution in [2.45, 2.75) is 19.5 Å². The number of aromatic nitrogens is 1. The van der Waals surface area contributed by atoms with Crippen molar-refractivity contribution in [2.24, 2.45) is 0 Å². The van der Waals surface area contributed by atoms with Crippen LogP contribution in [-0.4, -0.2) is 4.98 Å². The monoisotopic (exact) mass is 368 g/mol. The second-order valence-corrected chi connectivity index (χ2v) is 5.84. The molecule has 0 aliphatic carbocycles. The normalized spacial score (nSPS) is 12.4. The Bertz CT molecular complexity index is 529. The SMILES string of the molecule is C[C@H](NCc1cccc(Br)n1)c1cccc(Br)c1. The van der Waals surface area contributed by atoms with Gasteiger partial charge >= 0.3 is 0 Å². The predicted octanol–water partition coefficient (Wildman–Crippen LogP) is 4.46. The van der Waals surface area contributed by atoms with Crippen molar-refractivity contribution >= 4 is 31.9 Å². The van der Waals surface area contributed by atoms with E-state index in [1.165, 1.54) is 5.56 Å². The fourth-order valence-corrected chi connectivity index (χ4v) is 2.50. The van der Waals surface area contributed by atoms with Gasteiger partial charge < -0.3 is 5.32 Å². The average molecular weight is 370 g/mol. The first kappa shape index (κ1) is 13.7. The molecule has 18 heavy (non-hydrogen) atoms. The van der Waals surface area contributed by atoms with Crippen LogP contribution in [0.5, 0.6) is 0 Å². The molecular weight excluding hydrogens is 356 g/mol. The van der Waals surface area contributed by atoms with Crippen molar-refractivity contribution in [3.63, 3.8) is 0 Å². The number of benzene rings is 1. The van der Waals surface area contributed by atoms with Crippen LogP contribution in [0.1, 0.15) is 24.2 Å². The summed E-state index contributed by atoms with van der Waals surface area (Å²) >= 11 is 6.87. The largest absolute Gasteiger partial charge is 0.305 e. The molecule has 0 saturated carbocycles. The van der Waals surface area contributed by atoms with E-state index in [0.717, 1.165) is 21.3 Å². The van der Waals surface area contributed by atoms with Crippen molar-refractivity contribution in [1.82, 2.24) is 10.3 Å². The van der Waals surface area contributed by atoms with Crippen LogP contribution in [0, 0.1) is 0 Å². The molecule has 0 bridgehead atoms. The third kappa shape index (κ3) is 3.90. The highest BCUT2D eigenvalue weighted by atomic mass is 79.9. The van der Waals surface area contributed by atoms with E-state index in [2.05, 4.69) is 67.3 Å². The molecule has 2 aromatic rings. The second kappa shape index (κ2) is 6.45. The number of hydrogen-bond acceptors (Lipinski definition) is 2. The van der Waals surface area contributed by atoms with Gasteiger partial charge in [0.2, 0.25) is 0 Å². The third-order valence-electron chi connectivity index (χ3n) is 2.71. The Balaban J connectivity index is 1.98. The molecule has 2 rings (SSSR count). The maximum absolute atomic E-state index is 4.40. The molecule has 0 fully saturated rings. The molecule has 1 heterocycles. The molecule has 1 aromatic heterocycles. The number of hydrogen-bond donors (Lipinski definition) is 1. The quantitative estimate of drug-likeness (QED) is 0.805.